The second-order valence-corrected chi connectivity index (χ2v) is 7.60. The van der Waals surface area contributed by atoms with Crippen molar-refractivity contribution in [1.82, 2.24) is 4.90 Å². The minimum absolute atomic E-state index is 0.0491. The lowest BCUT2D eigenvalue weighted by atomic mass is 9.99. The van der Waals surface area contributed by atoms with Crippen LogP contribution < -0.4 is 4.74 Å². The van der Waals surface area contributed by atoms with E-state index < -0.39 is 17.5 Å². The highest BCUT2D eigenvalue weighted by atomic mass is 16.6. The predicted octanol–water partition coefficient (Wildman–Crippen LogP) is 3.11. The van der Waals surface area contributed by atoms with E-state index >= 15 is 0 Å². The molecule has 1 amide bonds. The van der Waals surface area contributed by atoms with Crippen LogP contribution >= 0.6 is 0 Å². The molecule has 1 aliphatic rings. The SMILES string of the molecule is CC(C)(C)OC(=O)N1CCCC(COc2cc(C(=O)O)cc(C(=O)O)c2)C1. The molecule has 1 unspecified atom stereocenters. The van der Waals surface area contributed by atoms with Gasteiger partial charge in [-0.3, -0.25) is 0 Å². The molecule has 2 N–H and O–H groups in total. The molecule has 0 aromatic heterocycles. The molecule has 148 valence electrons. The van der Waals surface area contributed by atoms with Gasteiger partial charge in [-0.1, -0.05) is 0 Å². The van der Waals surface area contributed by atoms with Gasteiger partial charge in [0.25, 0.3) is 0 Å². The highest BCUT2D eigenvalue weighted by Gasteiger charge is 2.28. The van der Waals surface area contributed by atoms with Crippen molar-refractivity contribution in [3.05, 3.63) is 29.3 Å². The van der Waals surface area contributed by atoms with Crippen molar-refractivity contribution in [2.24, 2.45) is 5.92 Å². The Morgan fingerprint density at radius 3 is 2.22 bits per heavy atom. The smallest absolute Gasteiger partial charge is 0.410 e. The zero-order chi connectivity index (χ0) is 20.2. The Morgan fingerprint density at radius 2 is 1.70 bits per heavy atom. The predicted molar refractivity (Wildman–Crippen MR) is 96.4 cm³/mol. The number of carbonyl (C=O) groups excluding carboxylic acids is 1. The first-order chi connectivity index (χ1) is 12.5. The minimum atomic E-state index is -1.23. The Hall–Kier alpha value is -2.77. The summed E-state index contributed by atoms with van der Waals surface area (Å²) in [5, 5.41) is 18.2. The number of hydrogen-bond acceptors (Lipinski definition) is 5. The molecule has 1 heterocycles. The summed E-state index contributed by atoms with van der Waals surface area (Å²) < 4.78 is 11.0. The maximum atomic E-state index is 12.2. The number of nitrogens with zero attached hydrogens (tertiary/aromatic N) is 1. The molecule has 0 aliphatic carbocycles. The van der Waals surface area contributed by atoms with Crippen molar-refractivity contribution in [3.8, 4) is 5.75 Å². The number of carboxylic acid groups (broad SMARTS) is 2. The molecule has 8 heteroatoms. The summed E-state index contributed by atoms with van der Waals surface area (Å²) in [6.45, 7) is 6.77. The van der Waals surface area contributed by atoms with Crippen molar-refractivity contribution in [2.75, 3.05) is 19.7 Å². The lowest BCUT2D eigenvalue weighted by Gasteiger charge is -2.34. The van der Waals surface area contributed by atoms with Gasteiger partial charge < -0.3 is 24.6 Å². The molecule has 1 fully saturated rings. The van der Waals surface area contributed by atoms with Crippen molar-refractivity contribution >= 4 is 18.0 Å². The largest absolute Gasteiger partial charge is 0.493 e. The molecule has 0 spiro atoms. The third kappa shape index (κ3) is 6.16. The quantitative estimate of drug-likeness (QED) is 0.808. The monoisotopic (exact) mass is 379 g/mol. The van der Waals surface area contributed by atoms with E-state index in [2.05, 4.69) is 0 Å². The van der Waals surface area contributed by atoms with E-state index in [1.807, 2.05) is 20.8 Å². The van der Waals surface area contributed by atoms with Gasteiger partial charge in [-0.05, 0) is 51.8 Å². The minimum Gasteiger partial charge on any atom is -0.493 e. The number of piperidine rings is 1. The topological polar surface area (TPSA) is 113 Å². The second-order valence-electron chi connectivity index (χ2n) is 7.60. The number of carbonyl (C=O) groups is 3. The molecule has 0 saturated carbocycles. The maximum Gasteiger partial charge on any atom is 0.410 e. The third-order valence-electron chi connectivity index (χ3n) is 4.06. The van der Waals surface area contributed by atoms with Crippen LogP contribution in [0.5, 0.6) is 5.75 Å². The summed E-state index contributed by atoms with van der Waals surface area (Å²) in [7, 11) is 0. The molecule has 1 aromatic carbocycles. The molecule has 0 radical (unpaired) electrons. The molecular weight excluding hydrogens is 354 g/mol. The number of aromatic carboxylic acids is 2. The number of hydrogen-bond donors (Lipinski definition) is 2. The fourth-order valence-electron chi connectivity index (χ4n) is 2.84. The van der Waals surface area contributed by atoms with Crippen molar-refractivity contribution in [3.63, 3.8) is 0 Å². The van der Waals surface area contributed by atoms with Crippen molar-refractivity contribution in [1.29, 1.82) is 0 Å². The summed E-state index contributed by atoms with van der Waals surface area (Å²) in [6.07, 6.45) is 1.29. The van der Waals surface area contributed by atoms with E-state index in [9.17, 15) is 14.4 Å². The highest BCUT2D eigenvalue weighted by Crippen LogP contribution is 2.23. The van der Waals surface area contributed by atoms with E-state index in [0.29, 0.717) is 13.1 Å². The molecule has 27 heavy (non-hydrogen) atoms. The van der Waals surface area contributed by atoms with Crippen LogP contribution in [0.2, 0.25) is 0 Å². The second kappa shape index (κ2) is 8.28. The zero-order valence-corrected chi connectivity index (χ0v) is 15.7. The summed E-state index contributed by atoms with van der Waals surface area (Å²) in [6, 6.07) is 3.68. The van der Waals surface area contributed by atoms with E-state index in [0.717, 1.165) is 18.9 Å². The van der Waals surface area contributed by atoms with E-state index in [4.69, 9.17) is 19.7 Å². The van der Waals surface area contributed by atoms with Gasteiger partial charge in [-0.25, -0.2) is 14.4 Å². The van der Waals surface area contributed by atoms with Gasteiger partial charge >= 0.3 is 18.0 Å². The Balaban J connectivity index is 2.00. The average Bonchev–Trinajstić information content (AvgIpc) is 2.58. The molecule has 1 aliphatic heterocycles. The highest BCUT2D eigenvalue weighted by molar-refractivity contribution is 5.94. The lowest BCUT2D eigenvalue weighted by molar-refractivity contribution is 0.0138. The van der Waals surface area contributed by atoms with Gasteiger partial charge in [-0.2, -0.15) is 0 Å². The van der Waals surface area contributed by atoms with Crippen LogP contribution in [0.15, 0.2) is 18.2 Å². The van der Waals surface area contributed by atoms with E-state index in [-0.39, 0.29) is 35.5 Å². The standard InChI is InChI=1S/C19H25NO7/c1-19(2,3)27-18(25)20-6-4-5-12(10-20)11-26-15-8-13(16(21)22)7-14(9-15)17(23)24/h7-9,12H,4-6,10-11H2,1-3H3,(H,21,22)(H,23,24). The van der Waals surface area contributed by atoms with Crippen LogP contribution in [0.1, 0.15) is 54.3 Å². The maximum absolute atomic E-state index is 12.2. The average molecular weight is 379 g/mol. The summed E-state index contributed by atoms with van der Waals surface area (Å²) >= 11 is 0. The molecule has 1 aromatic rings. The van der Waals surface area contributed by atoms with Crippen molar-refractivity contribution in [2.45, 2.75) is 39.2 Å². The molecular formula is C19H25NO7. The first-order valence-electron chi connectivity index (χ1n) is 8.77. The Kier molecular flexibility index (Phi) is 6.30. The van der Waals surface area contributed by atoms with Gasteiger partial charge in [0.05, 0.1) is 17.7 Å². The van der Waals surface area contributed by atoms with Crippen LogP contribution in [0, 0.1) is 5.92 Å². The summed E-state index contributed by atoms with van der Waals surface area (Å²) in [4.78, 5) is 36.2. The first-order valence-corrected chi connectivity index (χ1v) is 8.77. The van der Waals surface area contributed by atoms with Crippen LogP contribution in [0.4, 0.5) is 4.79 Å². The normalized spacial score (nSPS) is 17.3. The van der Waals surface area contributed by atoms with Crippen LogP contribution in [0.3, 0.4) is 0 Å². The van der Waals surface area contributed by atoms with Gasteiger partial charge in [-0.15, -0.1) is 0 Å². The fourth-order valence-corrected chi connectivity index (χ4v) is 2.84. The van der Waals surface area contributed by atoms with Crippen LogP contribution in [-0.4, -0.2) is 58.4 Å². The first kappa shape index (κ1) is 20.5. The molecule has 1 atom stereocenters. The number of rotatable bonds is 5. The number of likely N-dealkylation sites (tertiary alicyclic amines) is 1. The Labute approximate surface area is 157 Å². The Morgan fingerprint density at radius 1 is 1.11 bits per heavy atom. The summed E-state index contributed by atoms with van der Waals surface area (Å²) in [5.41, 5.74) is -0.863. The van der Waals surface area contributed by atoms with E-state index in [1.54, 1.807) is 4.90 Å². The number of ether oxygens (including phenoxy) is 2. The van der Waals surface area contributed by atoms with E-state index in [1.165, 1.54) is 12.1 Å². The van der Waals surface area contributed by atoms with Crippen LogP contribution in [-0.2, 0) is 4.74 Å². The molecule has 1 saturated heterocycles. The van der Waals surface area contributed by atoms with Crippen LogP contribution in [0.25, 0.3) is 0 Å². The lowest BCUT2D eigenvalue weighted by Crippen LogP contribution is -2.44. The summed E-state index contributed by atoms with van der Waals surface area (Å²) in [5.74, 6) is -2.22. The number of benzene rings is 1. The molecule has 0 bridgehead atoms. The fraction of sp³-hybridized carbons (Fsp3) is 0.526. The van der Waals surface area contributed by atoms with Gasteiger partial charge in [0.2, 0.25) is 0 Å². The number of amides is 1. The molecule has 8 nitrogen and oxygen atoms in total. The zero-order valence-electron chi connectivity index (χ0n) is 15.7. The van der Waals surface area contributed by atoms with Crippen molar-refractivity contribution < 1.29 is 34.1 Å². The molecule has 2 rings (SSSR count). The van der Waals surface area contributed by atoms with Gasteiger partial charge in [0.1, 0.15) is 11.4 Å². The third-order valence-corrected chi connectivity index (χ3v) is 4.06. The van der Waals surface area contributed by atoms with Gasteiger partial charge in [0, 0.05) is 19.0 Å². The number of carboxylic acids is 2. The van der Waals surface area contributed by atoms with Gasteiger partial charge in [0.15, 0.2) is 0 Å². The Bertz CT molecular complexity index is 691.